The van der Waals surface area contributed by atoms with Gasteiger partial charge in [-0.3, -0.25) is 4.79 Å². The smallest absolute Gasteiger partial charge is 0.307 e. The molecule has 68 valence electrons. The topological polar surface area (TPSA) is 46.5 Å². The van der Waals surface area contributed by atoms with Crippen LogP contribution in [-0.4, -0.2) is 30.5 Å². The normalized spacial score (nSPS) is 46.1. The maximum Gasteiger partial charge on any atom is 0.307 e. The van der Waals surface area contributed by atoms with Crippen molar-refractivity contribution in [1.82, 2.24) is 0 Å². The molecular formula is C8H11FO3. The van der Waals surface area contributed by atoms with Gasteiger partial charge in [0.2, 0.25) is 0 Å². The monoisotopic (exact) mass is 174 g/mol. The average Bonchev–Trinajstić information content (AvgIpc) is 2.72. The van der Waals surface area contributed by atoms with Gasteiger partial charge in [0.15, 0.2) is 0 Å². The lowest BCUT2D eigenvalue weighted by atomic mass is 9.94. The number of aliphatic carboxylic acids is 1. The van der Waals surface area contributed by atoms with Crippen LogP contribution < -0.4 is 0 Å². The Kier molecular flexibility index (Phi) is 1.61. The molecule has 3 nitrogen and oxygen atoms in total. The second kappa shape index (κ2) is 2.42. The van der Waals surface area contributed by atoms with E-state index in [0.717, 1.165) is 0 Å². The first-order valence-electron chi connectivity index (χ1n) is 4.11. The predicted octanol–water partition coefficient (Wildman–Crippen LogP) is 0.836. The third kappa shape index (κ3) is 0.941. The Balaban J connectivity index is 2.07. The van der Waals surface area contributed by atoms with Gasteiger partial charge in [-0.2, -0.15) is 0 Å². The van der Waals surface area contributed by atoms with Crippen molar-refractivity contribution in [3.05, 3.63) is 0 Å². The van der Waals surface area contributed by atoms with Gasteiger partial charge in [-0.25, -0.2) is 4.39 Å². The molecule has 2 aliphatic rings. The molecule has 0 bridgehead atoms. The summed E-state index contributed by atoms with van der Waals surface area (Å²) < 4.78 is 18.4. The van der Waals surface area contributed by atoms with Crippen LogP contribution in [0.4, 0.5) is 4.39 Å². The van der Waals surface area contributed by atoms with E-state index in [4.69, 9.17) is 9.84 Å². The number of alkyl halides is 1. The number of carboxylic acid groups (broad SMARTS) is 1. The van der Waals surface area contributed by atoms with Crippen molar-refractivity contribution in [1.29, 1.82) is 0 Å². The molecule has 0 aromatic heterocycles. The van der Waals surface area contributed by atoms with E-state index < -0.39 is 23.5 Å². The summed E-state index contributed by atoms with van der Waals surface area (Å²) in [6, 6.07) is 0. The summed E-state index contributed by atoms with van der Waals surface area (Å²) in [5.74, 6) is -1.39. The van der Waals surface area contributed by atoms with Crippen LogP contribution in [0.1, 0.15) is 12.8 Å². The van der Waals surface area contributed by atoms with Crippen molar-refractivity contribution < 1.29 is 19.0 Å². The molecule has 1 saturated carbocycles. The fourth-order valence-electron chi connectivity index (χ4n) is 1.99. The molecule has 1 N–H and O–H groups in total. The fourth-order valence-corrected chi connectivity index (χ4v) is 1.99. The molecule has 1 saturated heterocycles. The van der Waals surface area contributed by atoms with Gasteiger partial charge in [0.1, 0.15) is 6.17 Å². The van der Waals surface area contributed by atoms with E-state index in [1.807, 2.05) is 0 Å². The number of halogens is 1. The maximum atomic E-state index is 13.3. The summed E-state index contributed by atoms with van der Waals surface area (Å²) in [6.45, 7) is 0.709. The summed E-state index contributed by atoms with van der Waals surface area (Å²) in [6.07, 6.45) is -0.180. The molecule has 1 heterocycles. The molecule has 1 spiro atoms. The molecule has 4 heteroatoms. The van der Waals surface area contributed by atoms with Crippen molar-refractivity contribution in [2.24, 2.45) is 11.3 Å². The largest absolute Gasteiger partial charge is 0.481 e. The first kappa shape index (κ1) is 7.98. The van der Waals surface area contributed by atoms with Crippen LogP contribution in [-0.2, 0) is 9.53 Å². The van der Waals surface area contributed by atoms with Crippen molar-refractivity contribution in [3.63, 3.8) is 0 Å². The molecule has 12 heavy (non-hydrogen) atoms. The predicted molar refractivity (Wildman–Crippen MR) is 38.5 cm³/mol. The van der Waals surface area contributed by atoms with Gasteiger partial charge in [0.25, 0.3) is 0 Å². The lowest BCUT2D eigenvalue weighted by Gasteiger charge is -2.26. The van der Waals surface area contributed by atoms with Gasteiger partial charge in [-0.05, 0) is 6.42 Å². The van der Waals surface area contributed by atoms with Crippen molar-refractivity contribution in [3.8, 4) is 0 Å². The number of hydrogen-bond donors (Lipinski definition) is 1. The van der Waals surface area contributed by atoms with E-state index in [1.54, 1.807) is 0 Å². The fraction of sp³-hybridized carbons (Fsp3) is 0.875. The van der Waals surface area contributed by atoms with Crippen molar-refractivity contribution >= 4 is 5.97 Å². The van der Waals surface area contributed by atoms with Crippen molar-refractivity contribution in [2.45, 2.75) is 19.0 Å². The minimum Gasteiger partial charge on any atom is -0.481 e. The first-order chi connectivity index (χ1) is 5.67. The van der Waals surface area contributed by atoms with Gasteiger partial charge >= 0.3 is 5.97 Å². The van der Waals surface area contributed by atoms with Gasteiger partial charge < -0.3 is 9.84 Å². The van der Waals surface area contributed by atoms with Crippen LogP contribution in [0.5, 0.6) is 0 Å². The van der Waals surface area contributed by atoms with Gasteiger partial charge in [-0.15, -0.1) is 0 Å². The summed E-state index contributed by atoms with van der Waals surface area (Å²) in [5, 5.41) is 8.67. The number of ether oxygens (including phenoxy) is 1. The van der Waals surface area contributed by atoms with E-state index in [2.05, 4.69) is 0 Å². The molecule has 1 aliphatic carbocycles. The standard InChI is InChI=1S/C8H11FO3/c9-6-1-2-12-4-8(6)3-5(8)7(10)11/h5-6H,1-4H2,(H,10,11). The SMILES string of the molecule is O=C(O)C1CC12COCCC2F. The molecule has 3 atom stereocenters. The van der Waals surface area contributed by atoms with Gasteiger partial charge in [-0.1, -0.05) is 0 Å². The van der Waals surface area contributed by atoms with E-state index in [1.165, 1.54) is 0 Å². The third-order valence-electron chi connectivity index (χ3n) is 2.93. The highest BCUT2D eigenvalue weighted by Crippen LogP contribution is 2.58. The molecule has 2 fully saturated rings. The Labute approximate surface area is 69.5 Å². The second-order valence-electron chi connectivity index (χ2n) is 3.64. The van der Waals surface area contributed by atoms with Crippen LogP contribution in [0, 0.1) is 11.3 Å². The molecule has 0 aromatic carbocycles. The number of rotatable bonds is 1. The summed E-state index contributed by atoms with van der Waals surface area (Å²) >= 11 is 0. The number of hydrogen-bond acceptors (Lipinski definition) is 2. The van der Waals surface area contributed by atoms with Crippen LogP contribution in [0.3, 0.4) is 0 Å². The minimum atomic E-state index is -0.979. The molecule has 2 rings (SSSR count). The zero-order valence-corrected chi connectivity index (χ0v) is 6.62. The lowest BCUT2D eigenvalue weighted by Crippen LogP contribution is -2.33. The maximum absolute atomic E-state index is 13.3. The van der Waals surface area contributed by atoms with Crippen LogP contribution in [0.15, 0.2) is 0 Å². The van der Waals surface area contributed by atoms with E-state index in [9.17, 15) is 9.18 Å². The Morgan fingerprint density at radius 3 is 2.92 bits per heavy atom. The van der Waals surface area contributed by atoms with E-state index in [0.29, 0.717) is 19.4 Å². The number of carbonyl (C=O) groups is 1. The second-order valence-corrected chi connectivity index (χ2v) is 3.64. The molecule has 0 aromatic rings. The molecule has 3 unspecified atom stereocenters. The Morgan fingerprint density at radius 2 is 2.42 bits per heavy atom. The quantitative estimate of drug-likeness (QED) is 0.640. The van der Waals surface area contributed by atoms with Crippen molar-refractivity contribution in [2.75, 3.05) is 13.2 Å². The zero-order chi connectivity index (χ0) is 8.77. The number of carboxylic acids is 1. The van der Waals surface area contributed by atoms with Gasteiger partial charge in [0.05, 0.1) is 12.5 Å². The molecule has 0 amide bonds. The molecule has 1 aliphatic heterocycles. The van der Waals surface area contributed by atoms with E-state index in [-0.39, 0.29) is 6.61 Å². The first-order valence-corrected chi connectivity index (χ1v) is 4.11. The van der Waals surface area contributed by atoms with Crippen LogP contribution in [0.2, 0.25) is 0 Å². The minimum absolute atomic E-state index is 0.283. The van der Waals surface area contributed by atoms with Crippen LogP contribution >= 0.6 is 0 Å². The Morgan fingerprint density at radius 1 is 1.67 bits per heavy atom. The highest BCUT2D eigenvalue weighted by atomic mass is 19.1. The molecule has 0 radical (unpaired) electrons. The Hall–Kier alpha value is -0.640. The van der Waals surface area contributed by atoms with Gasteiger partial charge in [0, 0.05) is 18.4 Å². The molecular weight excluding hydrogens is 163 g/mol. The summed E-state index contributed by atoms with van der Waals surface area (Å²) in [5.41, 5.74) is -0.663. The summed E-state index contributed by atoms with van der Waals surface area (Å²) in [4.78, 5) is 10.6. The van der Waals surface area contributed by atoms with E-state index >= 15 is 0 Å². The Bertz CT molecular complexity index is 218. The third-order valence-corrected chi connectivity index (χ3v) is 2.93. The average molecular weight is 174 g/mol. The summed E-state index contributed by atoms with van der Waals surface area (Å²) in [7, 11) is 0. The highest BCUT2D eigenvalue weighted by Gasteiger charge is 2.64. The zero-order valence-electron chi connectivity index (χ0n) is 6.62. The van der Waals surface area contributed by atoms with Crippen LogP contribution in [0.25, 0.3) is 0 Å². The highest BCUT2D eigenvalue weighted by molar-refractivity contribution is 5.75. The lowest BCUT2D eigenvalue weighted by molar-refractivity contribution is -0.141.